The summed E-state index contributed by atoms with van der Waals surface area (Å²) < 4.78 is 10.6. The number of esters is 1. The maximum Gasteiger partial charge on any atom is 0.338 e. The molecule has 26 heavy (non-hydrogen) atoms. The zero-order valence-electron chi connectivity index (χ0n) is 15.4. The van der Waals surface area contributed by atoms with Crippen LogP contribution in [0, 0.1) is 11.3 Å². The number of nitrogens with zero attached hydrogens (tertiary/aromatic N) is 1. The monoisotopic (exact) mass is 358 g/mol. The lowest BCUT2D eigenvalue weighted by Gasteiger charge is -2.31. The van der Waals surface area contributed by atoms with Crippen LogP contribution in [0.25, 0.3) is 0 Å². The maximum atomic E-state index is 12.1. The Morgan fingerprint density at radius 3 is 2.42 bits per heavy atom. The second kappa shape index (κ2) is 9.35. The van der Waals surface area contributed by atoms with Crippen molar-refractivity contribution in [3.63, 3.8) is 0 Å². The molecule has 0 radical (unpaired) electrons. The summed E-state index contributed by atoms with van der Waals surface area (Å²) in [6.45, 7) is 4.01. The summed E-state index contributed by atoms with van der Waals surface area (Å²) in [6, 6.07) is 9.10. The quantitative estimate of drug-likeness (QED) is 0.757. The number of nitriles is 1. The average Bonchev–Trinajstić information content (AvgIpc) is 2.65. The molecule has 1 aliphatic rings. The molecule has 0 unspecified atom stereocenters. The lowest BCUT2D eigenvalue weighted by atomic mass is 9.83. The number of carbonyl (C=O) groups excluding carboxylic acids is 2. The number of hydrogen-bond acceptors (Lipinski definition) is 5. The Balaban J connectivity index is 1.82. The van der Waals surface area contributed by atoms with Gasteiger partial charge in [0, 0.05) is 0 Å². The first kappa shape index (κ1) is 19.9. The molecule has 6 heteroatoms. The van der Waals surface area contributed by atoms with Crippen molar-refractivity contribution in [3.8, 4) is 6.07 Å². The van der Waals surface area contributed by atoms with Crippen LogP contribution in [-0.4, -0.2) is 30.1 Å². The van der Waals surface area contributed by atoms with Gasteiger partial charge in [0.1, 0.15) is 5.54 Å². The van der Waals surface area contributed by atoms with Gasteiger partial charge in [-0.3, -0.25) is 4.79 Å². The average molecular weight is 358 g/mol. The Bertz CT molecular complexity index is 655. The molecule has 0 aliphatic heterocycles. The number of rotatable bonds is 7. The molecule has 1 amide bonds. The third-order valence-electron chi connectivity index (χ3n) is 4.41. The molecule has 1 N–H and O–H groups in total. The minimum absolute atomic E-state index is 0.138. The summed E-state index contributed by atoms with van der Waals surface area (Å²) in [6.07, 6.45) is 4.33. The van der Waals surface area contributed by atoms with Crippen LogP contribution in [0.1, 0.15) is 61.9 Å². The fourth-order valence-electron chi connectivity index (χ4n) is 2.94. The van der Waals surface area contributed by atoms with Crippen LogP contribution in [0.4, 0.5) is 0 Å². The van der Waals surface area contributed by atoms with Gasteiger partial charge in [0.25, 0.3) is 5.91 Å². The standard InChI is InChI=1S/C20H26N2O4/c1-15(2)25-12-16-6-8-17(9-7-16)19(24)26-13-18(23)22-20(14-21)10-4-3-5-11-20/h6-9,15H,3-5,10-13H2,1-2H3,(H,22,23). The fourth-order valence-corrected chi connectivity index (χ4v) is 2.94. The number of hydrogen-bond donors (Lipinski definition) is 1. The van der Waals surface area contributed by atoms with Crippen molar-refractivity contribution in [2.45, 2.75) is 64.2 Å². The second-order valence-electron chi connectivity index (χ2n) is 6.94. The molecule has 1 aliphatic carbocycles. The first-order valence-corrected chi connectivity index (χ1v) is 9.04. The van der Waals surface area contributed by atoms with E-state index in [0.29, 0.717) is 25.0 Å². The molecule has 0 saturated heterocycles. The van der Waals surface area contributed by atoms with Crippen molar-refractivity contribution < 1.29 is 19.1 Å². The van der Waals surface area contributed by atoms with Gasteiger partial charge in [-0.1, -0.05) is 31.4 Å². The smallest absolute Gasteiger partial charge is 0.338 e. The van der Waals surface area contributed by atoms with Gasteiger partial charge in [-0.15, -0.1) is 0 Å². The molecule has 0 bridgehead atoms. The predicted molar refractivity (Wildman–Crippen MR) is 96.2 cm³/mol. The molecular weight excluding hydrogens is 332 g/mol. The van der Waals surface area contributed by atoms with Crippen molar-refractivity contribution in [2.24, 2.45) is 0 Å². The highest BCUT2D eigenvalue weighted by molar-refractivity contribution is 5.91. The van der Waals surface area contributed by atoms with Gasteiger partial charge in [-0.2, -0.15) is 5.26 Å². The lowest BCUT2D eigenvalue weighted by molar-refractivity contribution is -0.125. The Morgan fingerprint density at radius 1 is 1.19 bits per heavy atom. The summed E-state index contributed by atoms with van der Waals surface area (Å²) in [7, 11) is 0. The molecule has 140 valence electrons. The molecule has 1 aromatic rings. The van der Waals surface area contributed by atoms with E-state index in [1.165, 1.54) is 0 Å². The minimum atomic E-state index is -0.820. The number of benzene rings is 1. The topological polar surface area (TPSA) is 88.4 Å². The van der Waals surface area contributed by atoms with Crippen molar-refractivity contribution in [2.75, 3.05) is 6.61 Å². The van der Waals surface area contributed by atoms with Gasteiger partial charge in [0.2, 0.25) is 0 Å². The minimum Gasteiger partial charge on any atom is -0.452 e. The van der Waals surface area contributed by atoms with Gasteiger partial charge < -0.3 is 14.8 Å². The highest BCUT2D eigenvalue weighted by Crippen LogP contribution is 2.27. The van der Waals surface area contributed by atoms with Crippen molar-refractivity contribution in [1.29, 1.82) is 5.26 Å². The van der Waals surface area contributed by atoms with E-state index in [1.54, 1.807) is 24.3 Å². The summed E-state index contributed by atoms with van der Waals surface area (Å²) in [5.74, 6) is -1.00. The Labute approximate surface area is 154 Å². The number of nitrogens with one attached hydrogen (secondary N) is 1. The molecule has 2 rings (SSSR count). The first-order valence-electron chi connectivity index (χ1n) is 9.04. The molecule has 1 aromatic carbocycles. The van der Waals surface area contributed by atoms with Crippen LogP contribution in [0.15, 0.2) is 24.3 Å². The molecule has 6 nitrogen and oxygen atoms in total. The Morgan fingerprint density at radius 2 is 1.85 bits per heavy atom. The molecule has 0 heterocycles. The van der Waals surface area contributed by atoms with Gasteiger partial charge in [0.15, 0.2) is 6.61 Å². The first-order chi connectivity index (χ1) is 12.4. The Hall–Kier alpha value is -2.39. The zero-order valence-corrected chi connectivity index (χ0v) is 15.4. The van der Waals surface area contributed by atoms with Gasteiger partial charge in [-0.05, 0) is 44.4 Å². The lowest BCUT2D eigenvalue weighted by Crippen LogP contribution is -2.50. The molecule has 0 spiro atoms. The highest BCUT2D eigenvalue weighted by Gasteiger charge is 2.33. The molecule has 0 atom stereocenters. The molecule has 1 fully saturated rings. The fraction of sp³-hybridized carbons (Fsp3) is 0.550. The number of amides is 1. The number of ether oxygens (including phenoxy) is 2. The number of carbonyl (C=O) groups is 2. The summed E-state index contributed by atoms with van der Waals surface area (Å²) in [5.41, 5.74) is 0.514. The molecule has 1 saturated carbocycles. The van der Waals surface area contributed by atoms with E-state index >= 15 is 0 Å². The van der Waals surface area contributed by atoms with Gasteiger partial charge in [0.05, 0.1) is 24.3 Å². The largest absolute Gasteiger partial charge is 0.452 e. The van der Waals surface area contributed by atoms with Crippen LogP contribution < -0.4 is 5.32 Å². The van der Waals surface area contributed by atoms with E-state index in [-0.39, 0.29) is 12.7 Å². The molecule has 0 aromatic heterocycles. The van der Waals surface area contributed by atoms with Gasteiger partial charge in [-0.25, -0.2) is 4.79 Å². The third kappa shape index (κ3) is 5.85. The van der Waals surface area contributed by atoms with Crippen molar-refractivity contribution in [3.05, 3.63) is 35.4 Å². The van der Waals surface area contributed by atoms with Crippen LogP contribution in [0.5, 0.6) is 0 Å². The van der Waals surface area contributed by atoms with E-state index in [1.807, 2.05) is 13.8 Å². The van der Waals surface area contributed by atoms with Gasteiger partial charge >= 0.3 is 5.97 Å². The van der Waals surface area contributed by atoms with Crippen LogP contribution in [0.3, 0.4) is 0 Å². The van der Waals surface area contributed by atoms with Crippen LogP contribution in [-0.2, 0) is 20.9 Å². The second-order valence-corrected chi connectivity index (χ2v) is 6.94. The van der Waals surface area contributed by atoms with E-state index in [0.717, 1.165) is 24.8 Å². The zero-order chi connectivity index (χ0) is 19.0. The third-order valence-corrected chi connectivity index (χ3v) is 4.41. The van der Waals surface area contributed by atoms with E-state index < -0.39 is 17.4 Å². The normalized spacial score (nSPS) is 15.9. The van der Waals surface area contributed by atoms with E-state index in [2.05, 4.69) is 11.4 Å². The van der Waals surface area contributed by atoms with Crippen LogP contribution in [0.2, 0.25) is 0 Å². The van der Waals surface area contributed by atoms with E-state index in [9.17, 15) is 14.9 Å². The SMILES string of the molecule is CC(C)OCc1ccc(C(=O)OCC(=O)NC2(C#N)CCCCC2)cc1. The Kier molecular flexibility index (Phi) is 7.16. The van der Waals surface area contributed by atoms with Crippen molar-refractivity contribution >= 4 is 11.9 Å². The maximum absolute atomic E-state index is 12.1. The predicted octanol–water partition coefficient (Wildman–Crippen LogP) is 3.11. The summed E-state index contributed by atoms with van der Waals surface area (Å²) >= 11 is 0. The van der Waals surface area contributed by atoms with Crippen molar-refractivity contribution in [1.82, 2.24) is 5.32 Å². The van der Waals surface area contributed by atoms with Crippen LogP contribution >= 0.6 is 0 Å². The molecular formula is C20H26N2O4. The van der Waals surface area contributed by atoms with E-state index in [4.69, 9.17) is 9.47 Å². The summed E-state index contributed by atoms with van der Waals surface area (Å²) in [4.78, 5) is 24.1. The highest BCUT2D eigenvalue weighted by atomic mass is 16.5. The summed E-state index contributed by atoms with van der Waals surface area (Å²) in [5, 5.41) is 12.1.